The number of hydrogen-bond acceptors (Lipinski definition) is 7. The zero-order chi connectivity index (χ0) is 19.3. The molecule has 146 valence electrons. The standard InChI is InChI=1S/C20H24O7/c1-20-8-16(10-3-4-26-9-10)27-19(24)14(20)7-15(22)17-12(18(23)25-2)5-11(21)6-13(17)20/h3-4,9,11-14,16-17,21H,5-8H2,1-2H3. The van der Waals surface area contributed by atoms with Crippen LogP contribution in [0.1, 0.15) is 44.3 Å². The molecule has 7 atom stereocenters. The third-order valence-corrected chi connectivity index (χ3v) is 6.93. The molecule has 7 unspecified atom stereocenters. The number of fused-ring (bicyclic) bond motifs is 3. The molecule has 0 radical (unpaired) electrons. The van der Waals surface area contributed by atoms with Crippen molar-refractivity contribution in [3.8, 4) is 0 Å². The lowest BCUT2D eigenvalue weighted by Crippen LogP contribution is -2.59. The number of rotatable bonds is 2. The first kappa shape index (κ1) is 18.2. The van der Waals surface area contributed by atoms with Gasteiger partial charge in [-0.2, -0.15) is 0 Å². The highest BCUT2D eigenvalue weighted by Gasteiger charge is 2.62. The summed E-state index contributed by atoms with van der Waals surface area (Å²) in [5.41, 5.74) is 0.223. The van der Waals surface area contributed by atoms with Gasteiger partial charge in [-0.05, 0) is 36.7 Å². The van der Waals surface area contributed by atoms with Gasteiger partial charge in [0.15, 0.2) is 0 Å². The van der Waals surface area contributed by atoms with Crippen LogP contribution in [0.4, 0.5) is 0 Å². The molecule has 0 amide bonds. The van der Waals surface area contributed by atoms with Gasteiger partial charge < -0.3 is 19.0 Å². The Kier molecular flexibility index (Phi) is 4.37. The normalized spacial score (nSPS) is 41.3. The number of ketones is 1. The minimum atomic E-state index is -0.705. The summed E-state index contributed by atoms with van der Waals surface area (Å²) < 4.78 is 15.6. The fraction of sp³-hybridized carbons (Fsp3) is 0.650. The summed E-state index contributed by atoms with van der Waals surface area (Å²) in [5.74, 6) is -3.00. The first-order valence-corrected chi connectivity index (χ1v) is 9.36. The molecule has 1 aliphatic heterocycles. The van der Waals surface area contributed by atoms with Crippen LogP contribution in [0.15, 0.2) is 23.0 Å². The Hall–Kier alpha value is -2.15. The Morgan fingerprint density at radius 1 is 1.33 bits per heavy atom. The molecule has 2 saturated carbocycles. The molecule has 3 fully saturated rings. The molecule has 7 heteroatoms. The molecule has 27 heavy (non-hydrogen) atoms. The van der Waals surface area contributed by atoms with Crippen LogP contribution in [0.3, 0.4) is 0 Å². The average Bonchev–Trinajstić information content (AvgIpc) is 3.17. The number of esters is 2. The Bertz CT molecular complexity index is 754. The van der Waals surface area contributed by atoms with Crippen molar-refractivity contribution in [3.05, 3.63) is 24.2 Å². The summed E-state index contributed by atoms with van der Waals surface area (Å²) >= 11 is 0. The number of carbonyl (C=O) groups excluding carboxylic acids is 3. The number of aliphatic hydroxyl groups excluding tert-OH is 1. The topological polar surface area (TPSA) is 103 Å². The summed E-state index contributed by atoms with van der Waals surface area (Å²) in [6.45, 7) is 1.99. The van der Waals surface area contributed by atoms with Gasteiger partial charge in [0.1, 0.15) is 11.9 Å². The average molecular weight is 376 g/mol. The number of Topliss-reactive ketones (excluding diaryl/α,β-unsaturated/α-hetero) is 1. The summed E-state index contributed by atoms with van der Waals surface area (Å²) in [6.07, 6.45) is 3.13. The Balaban J connectivity index is 1.72. The van der Waals surface area contributed by atoms with E-state index in [1.54, 1.807) is 12.3 Å². The monoisotopic (exact) mass is 376 g/mol. The first-order chi connectivity index (χ1) is 12.8. The van der Waals surface area contributed by atoms with Crippen LogP contribution in [0, 0.1) is 29.1 Å². The zero-order valence-corrected chi connectivity index (χ0v) is 15.4. The lowest BCUT2D eigenvalue weighted by Gasteiger charge is -2.56. The number of furan rings is 1. The Morgan fingerprint density at radius 3 is 2.78 bits per heavy atom. The van der Waals surface area contributed by atoms with Crippen molar-refractivity contribution in [1.82, 2.24) is 0 Å². The highest BCUT2D eigenvalue weighted by atomic mass is 16.5. The second-order valence-corrected chi connectivity index (χ2v) is 8.30. The van der Waals surface area contributed by atoms with Gasteiger partial charge in [0.05, 0.1) is 37.6 Å². The zero-order valence-electron chi connectivity index (χ0n) is 15.4. The first-order valence-electron chi connectivity index (χ1n) is 9.36. The molecule has 2 aliphatic carbocycles. The maximum atomic E-state index is 12.9. The predicted octanol–water partition coefficient (Wildman–Crippen LogP) is 2.04. The van der Waals surface area contributed by atoms with Crippen LogP contribution in [-0.4, -0.2) is 36.0 Å². The van der Waals surface area contributed by atoms with Crippen LogP contribution in [0.25, 0.3) is 0 Å². The molecule has 4 rings (SSSR count). The summed E-state index contributed by atoms with van der Waals surface area (Å²) in [4.78, 5) is 38.0. The van der Waals surface area contributed by atoms with Gasteiger partial charge in [-0.1, -0.05) is 6.92 Å². The van der Waals surface area contributed by atoms with Crippen molar-refractivity contribution in [3.63, 3.8) is 0 Å². The molecule has 3 aliphatic rings. The van der Waals surface area contributed by atoms with Gasteiger partial charge in [0.25, 0.3) is 0 Å². The van der Waals surface area contributed by atoms with Crippen molar-refractivity contribution >= 4 is 17.7 Å². The Labute approximate surface area is 157 Å². The van der Waals surface area contributed by atoms with Crippen LogP contribution in [0.2, 0.25) is 0 Å². The maximum Gasteiger partial charge on any atom is 0.310 e. The van der Waals surface area contributed by atoms with Crippen molar-refractivity contribution in [2.45, 2.75) is 44.8 Å². The van der Waals surface area contributed by atoms with E-state index in [9.17, 15) is 19.5 Å². The molecule has 0 spiro atoms. The number of hydrogen-bond donors (Lipinski definition) is 1. The SMILES string of the molecule is COC(=O)C1CC(O)CC2C1C(=O)CC1C(=O)OC(c3ccoc3)CC12C. The lowest BCUT2D eigenvalue weighted by molar-refractivity contribution is -0.196. The third kappa shape index (κ3) is 2.79. The van der Waals surface area contributed by atoms with Crippen molar-refractivity contribution in [2.75, 3.05) is 7.11 Å². The second kappa shape index (κ2) is 6.48. The maximum absolute atomic E-state index is 12.9. The van der Waals surface area contributed by atoms with E-state index in [1.165, 1.54) is 13.4 Å². The van der Waals surface area contributed by atoms with E-state index >= 15 is 0 Å². The molecule has 2 heterocycles. The summed E-state index contributed by atoms with van der Waals surface area (Å²) in [6, 6.07) is 1.76. The fourth-order valence-electron chi connectivity index (χ4n) is 5.56. The van der Waals surface area contributed by atoms with Crippen LogP contribution in [-0.2, 0) is 23.9 Å². The quantitative estimate of drug-likeness (QED) is 0.788. The lowest BCUT2D eigenvalue weighted by atomic mass is 9.48. The van der Waals surface area contributed by atoms with Gasteiger partial charge >= 0.3 is 11.9 Å². The largest absolute Gasteiger partial charge is 0.472 e. The van der Waals surface area contributed by atoms with Crippen LogP contribution >= 0.6 is 0 Å². The van der Waals surface area contributed by atoms with Gasteiger partial charge in [0, 0.05) is 17.9 Å². The molecular weight excluding hydrogens is 352 g/mol. The van der Waals surface area contributed by atoms with Gasteiger partial charge in [-0.3, -0.25) is 14.4 Å². The highest BCUT2D eigenvalue weighted by Crippen LogP contribution is 2.60. The van der Waals surface area contributed by atoms with Crippen molar-refractivity contribution in [2.24, 2.45) is 29.1 Å². The van der Waals surface area contributed by atoms with E-state index in [4.69, 9.17) is 13.9 Å². The Morgan fingerprint density at radius 2 is 2.11 bits per heavy atom. The molecule has 1 aromatic rings. The molecule has 1 aromatic heterocycles. The smallest absolute Gasteiger partial charge is 0.310 e. The number of ether oxygens (including phenoxy) is 2. The minimum Gasteiger partial charge on any atom is -0.472 e. The summed E-state index contributed by atoms with van der Waals surface area (Å²) in [7, 11) is 1.29. The molecule has 1 N–H and O–H groups in total. The number of aliphatic hydroxyl groups is 1. The number of carbonyl (C=O) groups is 3. The molecule has 0 aromatic carbocycles. The van der Waals surface area contributed by atoms with E-state index in [1.807, 2.05) is 6.92 Å². The molecule has 1 saturated heterocycles. The number of methoxy groups -OCH3 is 1. The summed E-state index contributed by atoms with van der Waals surface area (Å²) in [5, 5.41) is 10.4. The second-order valence-electron chi connectivity index (χ2n) is 8.30. The van der Waals surface area contributed by atoms with Crippen molar-refractivity contribution in [1.29, 1.82) is 0 Å². The minimum absolute atomic E-state index is 0.0677. The van der Waals surface area contributed by atoms with E-state index in [-0.39, 0.29) is 24.5 Å². The molecular formula is C20H24O7. The predicted molar refractivity (Wildman–Crippen MR) is 91.1 cm³/mol. The molecule has 0 bridgehead atoms. The van der Waals surface area contributed by atoms with E-state index in [0.29, 0.717) is 12.8 Å². The van der Waals surface area contributed by atoms with E-state index in [0.717, 1.165) is 5.56 Å². The highest BCUT2D eigenvalue weighted by molar-refractivity contribution is 5.92. The number of cyclic esters (lactones) is 1. The van der Waals surface area contributed by atoms with Crippen molar-refractivity contribution < 1.29 is 33.4 Å². The van der Waals surface area contributed by atoms with E-state index in [2.05, 4.69) is 0 Å². The fourth-order valence-corrected chi connectivity index (χ4v) is 5.56. The van der Waals surface area contributed by atoms with Gasteiger partial charge in [-0.25, -0.2) is 0 Å². The third-order valence-electron chi connectivity index (χ3n) is 6.93. The van der Waals surface area contributed by atoms with Gasteiger partial charge in [0.2, 0.25) is 0 Å². The van der Waals surface area contributed by atoms with Crippen LogP contribution < -0.4 is 0 Å². The molecule has 7 nitrogen and oxygen atoms in total. The van der Waals surface area contributed by atoms with E-state index < -0.39 is 47.3 Å². The van der Waals surface area contributed by atoms with Gasteiger partial charge in [-0.15, -0.1) is 0 Å². The van der Waals surface area contributed by atoms with Crippen LogP contribution in [0.5, 0.6) is 0 Å².